The lowest BCUT2D eigenvalue weighted by Crippen LogP contribution is -2.31. The van der Waals surface area contributed by atoms with Gasteiger partial charge < -0.3 is 10.6 Å². The average Bonchev–Trinajstić information content (AvgIpc) is 2.51. The maximum atomic E-state index is 6.11. The summed E-state index contributed by atoms with van der Waals surface area (Å²) < 4.78 is 0. The van der Waals surface area contributed by atoms with E-state index >= 15 is 0 Å². The van der Waals surface area contributed by atoms with Crippen molar-refractivity contribution in [3.8, 4) is 0 Å². The van der Waals surface area contributed by atoms with Crippen LogP contribution in [0.4, 0.5) is 5.69 Å². The summed E-state index contributed by atoms with van der Waals surface area (Å²) in [5.41, 5.74) is 1.16. The van der Waals surface area contributed by atoms with Gasteiger partial charge in [-0.15, -0.1) is 0 Å². The van der Waals surface area contributed by atoms with Gasteiger partial charge in [0.25, 0.3) is 0 Å². The van der Waals surface area contributed by atoms with E-state index in [-0.39, 0.29) is 5.54 Å². The molecule has 16 heavy (non-hydrogen) atoms. The van der Waals surface area contributed by atoms with E-state index in [2.05, 4.69) is 24.5 Å². The summed E-state index contributed by atoms with van der Waals surface area (Å²) in [6.07, 6.45) is 1.09. The number of anilines is 1. The molecule has 1 atom stereocenters. The molecule has 1 aromatic carbocycles. The summed E-state index contributed by atoms with van der Waals surface area (Å²) in [6.45, 7) is 5.38. The molecule has 0 bridgehead atoms. The molecule has 2 N–H and O–H groups in total. The Kier molecular flexibility index (Phi) is 3.34. The van der Waals surface area contributed by atoms with Gasteiger partial charge in [0.1, 0.15) is 0 Å². The normalized spacial score (nSPS) is 23.4. The summed E-state index contributed by atoms with van der Waals surface area (Å²) in [6, 6.07) is 5.96. The molecule has 1 unspecified atom stereocenters. The third kappa shape index (κ3) is 2.82. The third-order valence-electron chi connectivity index (χ3n) is 2.87. The van der Waals surface area contributed by atoms with Crippen LogP contribution in [0.3, 0.4) is 0 Å². The van der Waals surface area contributed by atoms with Crippen molar-refractivity contribution in [2.75, 3.05) is 11.9 Å². The van der Waals surface area contributed by atoms with E-state index < -0.39 is 0 Å². The maximum Gasteiger partial charge on any atom is 0.0652 e. The Morgan fingerprint density at radius 1 is 1.38 bits per heavy atom. The topological polar surface area (TPSA) is 24.1 Å². The lowest BCUT2D eigenvalue weighted by Gasteiger charge is -2.18. The number of hydrogen-bond acceptors (Lipinski definition) is 2. The second-order valence-electron chi connectivity index (χ2n) is 4.93. The van der Waals surface area contributed by atoms with Crippen LogP contribution in [-0.4, -0.2) is 18.1 Å². The van der Waals surface area contributed by atoms with Crippen molar-refractivity contribution in [3.63, 3.8) is 0 Å². The van der Waals surface area contributed by atoms with Gasteiger partial charge in [-0.1, -0.05) is 23.2 Å². The number of benzene rings is 1. The molecule has 0 spiro atoms. The molecule has 1 aromatic rings. The maximum absolute atomic E-state index is 6.11. The van der Waals surface area contributed by atoms with Gasteiger partial charge in [0.2, 0.25) is 0 Å². The zero-order valence-corrected chi connectivity index (χ0v) is 11.0. The van der Waals surface area contributed by atoms with Crippen LogP contribution >= 0.6 is 23.2 Å². The van der Waals surface area contributed by atoms with E-state index in [1.54, 1.807) is 6.07 Å². The molecule has 2 nitrogen and oxygen atoms in total. The zero-order chi connectivity index (χ0) is 11.8. The molecule has 0 radical (unpaired) electrons. The van der Waals surface area contributed by atoms with Gasteiger partial charge in [-0.05, 0) is 38.5 Å². The second-order valence-corrected chi connectivity index (χ2v) is 5.78. The Bertz CT molecular complexity index is 391. The molecule has 1 aliphatic rings. The fraction of sp³-hybridized carbons (Fsp3) is 0.500. The zero-order valence-electron chi connectivity index (χ0n) is 9.48. The molecule has 0 amide bonds. The Labute approximate surface area is 106 Å². The van der Waals surface area contributed by atoms with Gasteiger partial charge in [-0.2, -0.15) is 0 Å². The van der Waals surface area contributed by atoms with Crippen LogP contribution in [0.1, 0.15) is 20.3 Å². The van der Waals surface area contributed by atoms with E-state index in [4.69, 9.17) is 23.2 Å². The van der Waals surface area contributed by atoms with Crippen LogP contribution in [0, 0.1) is 0 Å². The molecule has 4 heteroatoms. The quantitative estimate of drug-likeness (QED) is 0.848. The fourth-order valence-corrected chi connectivity index (χ4v) is 2.55. The fourth-order valence-electron chi connectivity index (χ4n) is 2.09. The van der Waals surface area contributed by atoms with Gasteiger partial charge in [-0.25, -0.2) is 0 Å². The number of hydrogen-bond donors (Lipinski definition) is 2. The largest absolute Gasteiger partial charge is 0.380 e. The first-order valence-electron chi connectivity index (χ1n) is 5.43. The van der Waals surface area contributed by atoms with Crippen LogP contribution in [0.25, 0.3) is 0 Å². The average molecular weight is 259 g/mol. The van der Waals surface area contributed by atoms with Crippen LogP contribution in [0.5, 0.6) is 0 Å². The lowest BCUT2D eigenvalue weighted by molar-refractivity contribution is 0.457. The van der Waals surface area contributed by atoms with Gasteiger partial charge in [-0.3, -0.25) is 0 Å². The van der Waals surface area contributed by atoms with Gasteiger partial charge >= 0.3 is 0 Å². The molecule has 88 valence electrons. The molecular weight excluding hydrogens is 243 g/mol. The minimum atomic E-state index is 0.205. The second kappa shape index (κ2) is 4.44. The van der Waals surface area contributed by atoms with Gasteiger partial charge in [0.15, 0.2) is 0 Å². The molecule has 1 saturated heterocycles. The molecule has 1 aliphatic heterocycles. The molecule has 0 aliphatic carbocycles. The molecule has 1 heterocycles. The van der Waals surface area contributed by atoms with E-state index in [1.165, 1.54) is 0 Å². The SMILES string of the molecule is CC1(C)CC(Nc2ccc(Cl)cc2Cl)CN1. The number of halogens is 2. The van der Waals surface area contributed by atoms with Crippen molar-refractivity contribution in [2.24, 2.45) is 0 Å². The highest BCUT2D eigenvalue weighted by Crippen LogP contribution is 2.28. The van der Waals surface area contributed by atoms with Gasteiger partial charge in [0, 0.05) is 23.1 Å². The van der Waals surface area contributed by atoms with Crippen molar-refractivity contribution in [1.29, 1.82) is 0 Å². The molecular formula is C12H16Cl2N2. The van der Waals surface area contributed by atoms with Crippen LogP contribution in [-0.2, 0) is 0 Å². The molecule has 1 fully saturated rings. The summed E-state index contributed by atoms with van der Waals surface area (Å²) in [5.74, 6) is 0. The molecule has 0 aromatic heterocycles. The predicted octanol–water partition coefficient (Wildman–Crippen LogP) is 3.55. The number of rotatable bonds is 2. The Balaban J connectivity index is 2.05. The highest BCUT2D eigenvalue weighted by Gasteiger charge is 2.30. The first-order valence-corrected chi connectivity index (χ1v) is 6.18. The standard InChI is InChI=1S/C12H16Cl2N2/c1-12(2)6-9(7-15-12)16-11-4-3-8(13)5-10(11)14/h3-5,9,15-16H,6-7H2,1-2H3. The highest BCUT2D eigenvalue weighted by atomic mass is 35.5. The predicted molar refractivity (Wildman–Crippen MR) is 70.6 cm³/mol. The van der Waals surface area contributed by atoms with Crippen molar-refractivity contribution in [3.05, 3.63) is 28.2 Å². The summed E-state index contributed by atoms with van der Waals surface area (Å²) in [4.78, 5) is 0. The summed E-state index contributed by atoms with van der Waals surface area (Å²) >= 11 is 12.0. The summed E-state index contributed by atoms with van der Waals surface area (Å²) in [5, 5.41) is 8.25. The van der Waals surface area contributed by atoms with Crippen LogP contribution in [0.15, 0.2) is 18.2 Å². The van der Waals surface area contributed by atoms with Gasteiger partial charge in [0.05, 0.1) is 10.7 Å². The van der Waals surface area contributed by atoms with Crippen molar-refractivity contribution < 1.29 is 0 Å². The minimum Gasteiger partial charge on any atom is -0.380 e. The van der Waals surface area contributed by atoms with E-state index in [1.807, 2.05) is 12.1 Å². The van der Waals surface area contributed by atoms with Crippen molar-refractivity contribution >= 4 is 28.9 Å². The Morgan fingerprint density at radius 2 is 2.12 bits per heavy atom. The lowest BCUT2D eigenvalue weighted by atomic mass is 10.0. The first-order chi connectivity index (χ1) is 7.46. The Hall–Kier alpha value is -0.440. The minimum absolute atomic E-state index is 0.205. The summed E-state index contributed by atoms with van der Waals surface area (Å²) in [7, 11) is 0. The monoisotopic (exact) mass is 258 g/mol. The smallest absolute Gasteiger partial charge is 0.0652 e. The van der Waals surface area contributed by atoms with E-state index in [0.29, 0.717) is 16.1 Å². The highest BCUT2D eigenvalue weighted by molar-refractivity contribution is 6.36. The third-order valence-corrected chi connectivity index (χ3v) is 3.42. The molecule has 2 rings (SSSR count). The Morgan fingerprint density at radius 3 is 2.69 bits per heavy atom. The van der Waals surface area contributed by atoms with E-state index in [0.717, 1.165) is 18.7 Å². The molecule has 0 saturated carbocycles. The van der Waals surface area contributed by atoms with Crippen molar-refractivity contribution in [1.82, 2.24) is 5.32 Å². The number of nitrogens with one attached hydrogen (secondary N) is 2. The first kappa shape index (κ1) is 12.0. The van der Waals surface area contributed by atoms with Crippen LogP contribution < -0.4 is 10.6 Å². The van der Waals surface area contributed by atoms with Crippen LogP contribution in [0.2, 0.25) is 10.0 Å². The van der Waals surface area contributed by atoms with Crippen molar-refractivity contribution in [2.45, 2.75) is 31.8 Å². The van der Waals surface area contributed by atoms with E-state index in [9.17, 15) is 0 Å².